The normalized spacial score (nSPS) is 17.8. The number of carboxylic acids is 1. The number of aromatic amines is 1. The summed E-state index contributed by atoms with van der Waals surface area (Å²) in [6, 6.07) is 3.83. The van der Waals surface area contributed by atoms with Crippen molar-refractivity contribution in [1.82, 2.24) is 4.98 Å². The molecule has 1 aromatic heterocycles. The SMILES string of the molecule is COc1cc2[nH]c3c(c2cc1OC)CC(C(=O)O)CC3. The van der Waals surface area contributed by atoms with Gasteiger partial charge < -0.3 is 19.6 Å². The molecule has 5 heteroatoms. The van der Waals surface area contributed by atoms with Gasteiger partial charge in [0.15, 0.2) is 11.5 Å². The summed E-state index contributed by atoms with van der Waals surface area (Å²) < 4.78 is 10.6. The number of aromatic nitrogens is 1. The molecule has 1 aliphatic carbocycles. The second-order valence-electron chi connectivity index (χ2n) is 5.11. The Balaban J connectivity index is 2.13. The number of carboxylic acid groups (broad SMARTS) is 1. The largest absolute Gasteiger partial charge is 0.493 e. The van der Waals surface area contributed by atoms with E-state index in [1.807, 2.05) is 12.1 Å². The van der Waals surface area contributed by atoms with Gasteiger partial charge in [0.05, 0.1) is 20.1 Å². The molecule has 1 unspecified atom stereocenters. The first-order valence-corrected chi connectivity index (χ1v) is 6.62. The number of nitrogens with one attached hydrogen (secondary N) is 1. The number of hydrogen-bond acceptors (Lipinski definition) is 3. The van der Waals surface area contributed by atoms with Crippen molar-refractivity contribution >= 4 is 16.9 Å². The first-order chi connectivity index (χ1) is 9.63. The zero-order valence-electron chi connectivity index (χ0n) is 11.5. The topological polar surface area (TPSA) is 71.5 Å². The smallest absolute Gasteiger partial charge is 0.306 e. The first kappa shape index (κ1) is 12.8. The number of ether oxygens (including phenoxy) is 2. The van der Waals surface area contributed by atoms with Gasteiger partial charge in [-0.05, 0) is 30.9 Å². The fourth-order valence-electron chi connectivity index (χ4n) is 2.96. The van der Waals surface area contributed by atoms with Crippen LogP contribution < -0.4 is 9.47 Å². The molecule has 2 N–H and O–H groups in total. The number of fused-ring (bicyclic) bond motifs is 3. The summed E-state index contributed by atoms with van der Waals surface area (Å²) in [5.41, 5.74) is 3.20. The molecule has 1 aliphatic rings. The minimum absolute atomic E-state index is 0.297. The van der Waals surface area contributed by atoms with Crippen LogP contribution in [0.4, 0.5) is 0 Å². The van der Waals surface area contributed by atoms with E-state index in [2.05, 4.69) is 4.98 Å². The molecule has 20 heavy (non-hydrogen) atoms. The van der Waals surface area contributed by atoms with Crippen molar-refractivity contribution < 1.29 is 19.4 Å². The molecule has 0 fully saturated rings. The minimum atomic E-state index is -0.717. The van der Waals surface area contributed by atoms with Crippen LogP contribution in [0.25, 0.3) is 10.9 Å². The monoisotopic (exact) mass is 275 g/mol. The third kappa shape index (κ3) is 1.90. The number of rotatable bonds is 3. The van der Waals surface area contributed by atoms with Gasteiger partial charge in [-0.15, -0.1) is 0 Å². The fraction of sp³-hybridized carbons (Fsp3) is 0.400. The molecule has 106 valence electrons. The van der Waals surface area contributed by atoms with Crippen LogP contribution in [0.2, 0.25) is 0 Å². The maximum Gasteiger partial charge on any atom is 0.306 e. The van der Waals surface area contributed by atoms with Crippen molar-refractivity contribution in [3.63, 3.8) is 0 Å². The Labute approximate surface area is 116 Å². The standard InChI is InChI=1S/C15H17NO4/c1-19-13-6-10-9-5-8(15(17)18)3-4-11(9)16-12(10)7-14(13)20-2/h6-8,16H,3-5H2,1-2H3,(H,17,18). The van der Waals surface area contributed by atoms with E-state index in [-0.39, 0.29) is 5.92 Å². The Hall–Kier alpha value is -2.17. The minimum Gasteiger partial charge on any atom is -0.493 e. The Morgan fingerprint density at radius 2 is 2.00 bits per heavy atom. The molecule has 1 heterocycles. The van der Waals surface area contributed by atoms with E-state index in [0.717, 1.165) is 28.6 Å². The predicted octanol–water partition coefficient (Wildman–Crippen LogP) is 2.37. The van der Waals surface area contributed by atoms with E-state index in [1.54, 1.807) is 14.2 Å². The van der Waals surface area contributed by atoms with Crippen molar-refractivity contribution in [1.29, 1.82) is 0 Å². The summed E-state index contributed by atoms with van der Waals surface area (Å²) in [6.07, 6.45) is 2.02. The van der Waals surface area contributed by atoms with E-state index in [1.165, 1.54) is 0 Å². The number of hydrogen-bond donors (Lipinski definition) is 2. The lowest BCUT2D eigenvalue weighted by atomic mass is 9.86. The summed E-state index contributed by atoms with van der Waals surface area (Å²) >= 11 is 0. The number of methoxy groups -OCH3 is 2. The first-order valence-electron chi connectivity index (χ1n) is 6.62. The number of carbonyl (C=O) groups is 1. The highest BCUT2D eigenvalue weighted by molar-refractivity contribution is 5.89. The third-order valence-electron chi connectivity index (χ3n) is 4.04. The maximum absolute atomic E-state index is 11.2. The molecule has 1 aromatic carbocycles. The van der Waals surface area contributed by atoms with Crippen LogP contribution in [0.3, 0.4) is 0 Å². The maximum atomic E-state index is 11.2. The van der Waals surface area contributed by atoms with E-state index >= 15 is 0 Å². The van der Waals surface area contributed by atoms with Crippen molar-refractivity contribution in [3.8, 4) is 11.5 Å². The predicted molar refractivity (Wildman–Crippen MR) is 74.6 cm³/mol. The molecule has 0 saturated heterocycles. The molecule has 2 aromatic rings. The summed E-state index contributed by atoms with van der Waals surface area (Å²) in [5, 5.41) is 10.2. The van der Waals surface area contributed by atoms with Crippen LogP contribution in [-0.4, -0.2) is 30.3 Å². The summed E-state index contributed by atoms with van der Waals surface area (Å²) in [5.74, 6) is 0.327. The van der Waals surface area contributed by atoms with Crippen molar-refractivity contribution in [2.24, 2.45) is 5.92 Å². The highest BCUT2D eigenvalue weighted by Crippen LogP contribution is 2.38. The Morgan fingerprint density at radius 1 is 1.30 bits per heavy atom. The number of aliphatic carboxylic acids is 1. The second-order valence-corrected chi connectivity index (χ2v) is 5.11. The van der Waals surface area contributed by atoms with Crippen LogP contribution in [-0.2, 0) is 17.6 Å². The molecule has 0 bridgehead atoms. The molecule has 0 aliphatic heterocycles. The average molecular weight is 275 g/mol. The molecule has 0 amide bonds. The molecular weight excluding hydrogens is 258 g/mol. The molecule has 3 rings (SSSR count). The summed E-state index contributed by atoms with van der Waals surface area (Å²) in [4.78, 5) is 14.6. The van der Waals surface area contributed by atoms with Crippen molar-refractivity contribution in [2.75, 3.05) is 14.2 Å². The number of benzene rings is 1. The summed E-state index contributed by atoms with van der Waals surface area (Å²) in [6.45, 7) is 0. The molecular formula is C15H17NO4. The molecule has 0 spiro atoms. The van der Waals surface area contributed by atoms with Gasteiger partial charge in [0.2, 0.25) is 0 Å². The van der Waals surface area contributed by atoms with Gasteiger partial charge in [0, 0.05) is 22.7 Å². The van der Waals surface area contributed by atoms with Gasteiger partial charge in [-0.2, -0.15) is 0 Å². The lowest BCUT2D eigenvalue weighted by Gasteiger charge is -2.18. The summed E-state index contributed by atoms with van der Waals surface area (Å²) in [7, 11) is 3.20. The lowest BCUT2D eigenvalue weighted by molar-refractivity contribution is -0.142. The van der Waals surface area contributed by atoms with Crippen LogP contribution in [0, 0.1) is 5.92 Å². The van der Waals surface area contributed by atoms with E-state index < -0.39 is 5.97 Å². The van der Waals surface area contributed by atoms with Gasteiger partial charge in [0.25, 0.3) is 0 Å². The zero-order valence-corrected chi connectivity index (χ0v) is 11.5. The molecule has 5 nitrogen and oxygen atoms in total. The number of aryl methyl sites for hydroxylation is 1. The van der Waals surface area contributed by atoms with Gasteiger partial charge in [0.1, 0.15) is 0 Å². The Morgan fingerprint density at radius 3 is 2.65 bits per heavy atom. The third-order valence-corrected chi connectivity index (χ3v) is 4.04. The van der Waals surface area contributed by atoms with Crippen LogP contribution in [0.15, 0.2) is 12.1 Å². The van der Waals surface area contributed by atoms with Crippen LogP contribution in [0.1, 0.15) is 17.7 Å². The molecule has 0 saturated carbocycles. The van der Waals surface area contributed by atoms with Gasteiger partial charge in [-0.3, -0.25) is 4.79 Å². The van der Waals surface area contributed by atoms with E-state index in [0.29, 0.717) is 24.3 Å². The van der Waals surface area contributed by atoms with Crippen LogP contribution in [0.5, 0.6) is 11.5 Å². The highest BCUT2D eigenvalue weighted by Gasteiger charge is 2.27. The second kappa shape index (κ2) is 4.74. The average Bonchev–Trinajstić information content (AvgIpc) is 2.82. The van der Waals surface area contributed by atoms with Crippen LogP contribution >= 0.6 is 0 Å². The van der Waals surface area contributed by atoms with Crippen molar-refractivity contribution in [3.05, 3.63) is 23.4 Å². The lowest BCUT2D eigenvalue weighted by Crippen LogP contribution is -2.21. The van der Waals surface area contributed by atoms with Gasteiger partial charge in [-0.1, -0.05) is 0 Å². The quantitative estimate of drug-likeness (QED) is 0.902. The van der Waals surface area contributed by atoms with E-state index in [9.17, 15) is 9.90 Å². The van der Waals surface area contributed by atoms with Crippen molar-refractivity contribution in [2.45, 2.75) is 19.3 Å². The van der Waals surface area contributed by atoms with E-state index in [4.69, 9.17) is 9.47 Å². The zero-order chi connectivity index (χ0) is 14.3. The van der Waals surface area contributed by atoms with Gasteiger partial charge in [-0.25, -0.2) is 0 Å². The molecule has 0 radical (unpaired) electrons. The fourth-order valence-corrected chi connectivity index (χ4v) is 2.96. The Kier molecular flexibility index (Phi) is 3.04. The Bertz CT molecular complexity index is 674. The number of H-pyrrole nitrogens is 1. The highest BCUT2D eigenvalue weighted by atomic mass is 16.5. The molecule has 1 atom stereocenters. The van der Waals surface area contributed by atoms with Gasteiger partial charge >= 0.3 is 5.97 Å².